The van der Waals surface area contributed by atoms with Crippen LogP contribution in [0.25, 0.3) is 0 Å². The molecule has 82 valence electrons. The Hall–Kier alpha value is -0.120. The molecule has 2 rings (SSSR count). The van der Waals surface area contributed by atoms with Crippen molar-refractivity contribution >= 4 is 0 Å². The van der Waals surface area contributed by atoms with Crippen molar-refractivity contribution in [3.05, 3.63) is 0 Å². The second-order valence-electron chi connectivity index (χ2n) is 4.72. The number of rotatable bonds is 3. The first-order valence-corrected chi connectivity index (χ1v) is 5.72. The third kappa shape index (κ3) is 2.47. The Labute approximate surface area is 86.2 Å². The predicted molar refractivity (Wildman–Crippen MR) is 55.3 cm³/mol. The van der Waals surface area contributed by atoms with E-state index < -0.39 is 0 Å². The standard InChI is InChI=1S/C11H21NO2/c1-8(2)12-6-10-5-9-7-13-4-3-11(9)14-10/h8-12H,3-7H2,1-2H3. The van der Waals surface area contributed by atoms with E-state index in [1.165, 1.54) is 6.42 Å². The zero-order chi connectivity index (χ0) is 9.97. The molecule has 3 nitrogen and oxygen atoms in total. The molecule has 0 amide bonds. The first-order chi connectivity index (χ1) is 6.75. The summed E-state index contributed by atoms with van der Waals surface area (Å²) in [5.41, 5.74) is 0. The Morgan fingerprint density at radius 3 is 3.00 bits per heavy atom. The zero-order valence-corrected chi connectivity index (χ0v) is 9.16. The van der Waals surface area contributed by atoms with Gasteiger partial charge in [0.15, 0.2) is 0 Å². The smallest absolute Gasteiger partial charge is 0.0707 e. The minimum Gasteiger partial charge on any atom is -0.381 e. The third-order valence-electron chi connectivity index (χ3n) is 3.09. The van der Waals surface area contributed by atoms with Gasteiger partial charge in [0, 0.05) is 25.1 Å². The lowest BCUT2D eigenvalue weighted by Gasteiger charge is -2.23. The lowest BCUT2D eigenvalue weighted by atomic mass is 9.96. The average molecular weight is 199 g/mol. The number of hydrogen-bond donors (Lipinski definition) is 1. The molecule has 0 aromatic heterocycles. The zero-order valence-electron chi connectivity index (χ0n) is 9.16. The Balaban J connectivity index is 1.75. The van der Waals surface area contributed by atoms with Gasteiger partial charge in [0.1, 0.15) is 0 Å². The molecule has 2 heterocycles. The second kappa shape index (κ2) is 4.60. The summed E-state index contributed by atoms with van der Waals surface area (Å²) in [6.07, 6.45) is 3.14. The number of hydrogen-bond acceptors (Lipinski definition) is 3. The van der Waals surface area contributed by atoms with Crippen LogP contribution in [0.2, 0.25) is 0 Å². The Morgan fingerprint density at radius 1 is 1.43 bits per heavy atom. The molecule has 14 heavy (non-hydrogen) atoms. The summed E-state index contributed by atoms with van der Waals surface area (Å²) in [5, 5.41) is 3.43. The Morgan fingerprint density at radius 2 is 2.29 bits per heavy atom. The van der Waals surface area contributed by atoms with E-state index in [0.29, 0.717) is 24.2 Å². The molecule has 0 bridgehead atoms. The molecular weight excluding hydrogens is 178 g/mol. The molecule has 0 spiro atoms. The van der Waals surface area contributed by atoms with E-state index in [0.717, 1.165) is 26.2 Å². The minimum absolute atomic E-state index is 0.411. The Kier molecular flexibility index (Phi) is 3.42. The van der Waals surface area contributed by atoms with Gasteiger partial charge in [-0.2, -0.15) is 0 Å². The van der Waals surface area contributed by atoms with Crippen molar-refractivity contribution in [3.8, 4) is 0 Å². The number of ether oxygens (including phenoxy) is 2. The molecule has 1 N–H and O–H groups in total. The predicted octanol–water partition coefficient (Wildman–Crippen LogP) is 1.18. The molecule has 0 saturated carbocycles. The van der Waals surface area contributed by atoms with Crippen LogP contribution in [-0.4, -0.2) is 38.0 Å². The van der Waals surface area contributed by atoms with E-state index in [1.807, 2.05) is 0 Å². The van der Waals surface area contributed by atoms with Crippen LogP contribution in [0.1, 0.15) is 26.7 Å². The van der Waals surface area contributed by atoms with Gasteiger partial charge in [0.2, 0.25) is 0 Å². The first-order valence-electron chi connectivity index (χ1n) is 5.72. The molecule has 0 aromatic carbocycles. The van der Waals surface area contributed by atoms with Gasteiger partial charge in [-0.05, 0) is 12.8 Å². The fourth-order valence-electron chi connectivity index (χ4n) is 2.32. The molecule has 0 aromatic rings. The molecule has 0 radical (unpaired) electrons. The molecule has 3 atom stereocenters. The van der Waals surface area contributed by atoms with Crippen molar-refractivity contribution < 1.29 is 9.47 Å². The molecule has 3 heteroatoms. The van der Waals surface area contributed by atoms with Gasteiger partial charge in [-0.15, -0.1) is 0 Å². The highest BCUT2D eigenvalue weighted by Crippen LogP contribution is 2.31. The van der Waals surface area contributed by atoms with Gasteiger partial charge in [-0.1, -0.05) is 13.8 Å². The summed E-state index contributed by atoms with van der Waals surface area (Å²) in [6, 6.07) is 0.553. The number of fused-ring (bicyclic) bond motifs is 1. The molecule has 2 aliphatic heterocycles. The average Bonchev–Trinajstić information content (AvgIpc) is 2.57. The molecular formula is C11H21NO2. The van der Waals surface area contributed by atoms with Crippen LogP contribution < -0.4 is 5.32 Å². The van der Waals surface area contributed by atoms with Gasteiger partial charge in [-0.3, -0.25) is 0 Å². The monoisotopic (exact) mass is 199 g/mol. The largest absolute Gasteiger partial charge is 0.381 e. The summed E-state index contributed by atoms with van der Waals surface area (Å²) in [6.45, 7) is 7.12. The SMILES string of the molecule is CC(C)NCC1CC2COCCC2O1. The van der Waals surface area contributed by atoms with Crippen LogP contribution in [0.4, 0.5) is 0 Å². The highest BCUT2D eigenvalue weighted by Gasteiger charge is 2.36. The fraction of sp³-hybridized carbons (Fsp3) is 1.00. The van der Waals surface area contributed by atoms with E-state index >= 15 is 0 Å². The quantitative estimate of drug-likeness (QED) is 0.740. The highest BCUT2D eigenvalue weighted by atomic mass is 16.5. The molecule has 2 fully saturated rings. The van der Waals surface area contributed by atoms with Crippen LogP contribution in [-0.2, 0) is 9.47 Å². The van der Waals surface area contributed by atoms with E-state index in [1.54, 1.807) is 0 Å². The number of nitrogens with one attached hydrogen (secondary N) is 1. The van der Waals surface area contributed by atoms with Gasteiger partial charge in [-0.25, -0.2) is 0 Å². The van der Waals surface area contributed by atoms with Crippen LogP contribution in [0, 0.1) is 5.92 Å². The fourth-order valence-corrected chi connectivity index (χ4v) is 2.32. The summed E-state index contributed by atoms with van der Waals surface area (Å²) in [4.78, 5) is 0. The maximum absolute atomic E-state index is 5.97. The van der Waals surface area contributed by atoms with Crippen LogP contribution in [0.15, 0.2) is 0 Å². The normalized spacial score (nSPS) is 37.5. The van der Waals surface area contributed by atoms with Crippen molar-refractivity contribution in [2.45, 2.75) is 44.9 Å². The minimum atomic E-state index is 0.411. The summed E-state index contributed by atoms with van der Waals surface area (Å²) >= 11 is 0. The van der Waals surface area contributed by atoms with Crippen LogP contribution in [0.3, 0.4) is 0 Å². The van der Waals surface area contributed by atoms with Gasteiger partial charge in [0.25, 0.3) is 0 Å². The lowest BCUT2D eigenvalue weighted by molar-refractivity contribution is -0.0368. The van der Waals surface area contributed by atoms with Crippen LogP contribution >= 0.6 is 0 Å². The van der Waals surface area contributed by atoms with E-state index in [9.17, 15) is 0 Å². The topological polar surface area (TPSA) is 30.5 Å². The molecule has 0 aliphatic carbocycles. The van der Waals surface area contributed by atoms with Crippen LogP contribution in [0.5, 0.6) is 0 Å². The van der Waals surface area contributed by atoms with Crippen molar-refractivity contribution in [1.82, 2.24) is 5.32 Å². The molecule has 2 saturated heterocycles. The van der Waals surface area contributed by atoms with Crippen molar-refractivity contribution in [1.29, 1.82) is 0 Å². The lowest BCUT2D eigenvalue weighted by Crippen LogP contribution is -2.32. The summed E-state index contributed by atoms with van der Waals surface area (Å²) < 4.78 is 11.4. The van der Waals surface area contributed by atoms with E-state index in [-0.39, 0.29) is 0 Å². The summed E-state index contributed by atoms with van der Waals surface area (Å²) in [7, 11) is 0. The Bertz CT molecular complexity index is 170. The van der Waals surface area contributed by atoms with Gasteiger partial charge < -0.3 is 14.8 Å². The first kappa shape index (κ1) is 10.4. The third-order valence-corrected chi connectivity index (χ3v) is 3.09. The van der Waals surface area contributed by atoms with E-state index in [4.69, 9.17) is 9.47 Å². The molecule has 2 aliphatic rings. The maximum atomic E-state index is 5.97. The van der Waals surface area contributed by atoms with Gasteiger partial charge in [0.05, 0.1) is 18.8 Å². The second-order valence-corrected chi connectivity index (χ2v) is 4.72. The van der Waals surface area contributed by atoms with Crippen molar-refractivity contribution in [3.63, 3.8) is 0 Å². The van der Waals surface area contributed by atoms with Gasteiger partial charge >= 0.3 is 0 Å². The summed E-state index contributed by atoms with van der Waals surface area (Å²) in [5.74, 6) is 0.655. The highest BCUT2D eigenvalue weighted by molar-refractivity contribution is 4.85. The van der Waals surface area contributed by atoms with Crippen molar-refractivity contribution in [2.24, 2.45) is 5.92 Å². The van der Waals surface area contributed by atoms with E-state index in [2.05, 4.69) is 19.2 Å². The molecule has 3 unspecified atom stereocenters. The van der Waals surface area contributed by atoms with Crippen molar-refractivity contribution in [2.75, 3.05) is 19.8 Å². The maximum Gasteiger partial charge on any atom is 0.0707 e.